The summed E-state index contributed by atoms with van der Waals surface area (Å²) in [7, 11) is 1.98. The second kappa shape index (κ2) is 6.17. The lowest BCUT2D eigenvalue weighted by Gasteiger charge is -2.09. The fourth-order valence-electron chi connectivity index (χ4n) is 3.34. The van der Waals surface area contributed by atoms with Crippen molar-refractivity contribution >= 4 is 16.6 Å². The molecule has 0 aliphatic carbocycles. The summed E-state index contributed by atoms with van der Waals surface area (Å²) in [5, 5.41) is 5.44. The molecule has 122 valence electrons. The van der Waals surface area contributed by atoms with Gasteiger partial charge in [0.25, 0.3) is 0 Å². The molecular weight excluding hydrogens is 300 g/mol. The molecule has 5 nitrogen and oxygen atoms in total. The fourth-order valence-corrected chi connectivity index (χ4v) is 3.34. The average Bonchev–Trinajstić information content (AvgIpc) is 3.25. The van der Waals surface area contributed by atoms with Crippen molar-refractivity contribution < 1.29 is 4.79 Å². The Morgan fingerprint density at radius 3 is 2.96 bits per heavy atom. The van der Waals surface area contributed by atoms with E-state index in [1.807, 2.05) is 30.1 Å². The van der Waals surface area contributed by atoms with Crippen LogP contribution in [0.2, 0.25) is 0 Å². The summed E-state index contributed by atoms with van der Waals surface area (Å²) in [5.41, 5.74) is 3.02. The van der Waals surface area contributed by atoms with Crippen molar-refractivity contribution in [2.45, 2.75) is 25.3 Å². The van der Waals surface area contributed by atoms with Crippen LogP contribution in [0.4, 0.5) is 0 Å². The molecule has 1 fully saturated rings. The van der Waals surface area contributed by atoms with Gasteiger partial charge < -0.3 is 9.88 Å². The van der Waals surface area contributed by atoms with Gasteiger partial charge in [-0.1, -0.05) is 12.1 Å². The van der Waals surface area contributed by atoms with Crippen LogP contribution in [0.5, 0.6) is 0 Å². The van der Waals surface area contributed by atoms with Crippen molar-refractivity contribution in [3.8, 4) is 11.3 Å². The molecule has 0 amide bonds. The van der Waals surface area contributed by atoms with Crippen LogP contribution in [-0.4, -0.2) is 32.9 Å². The Kier molecular flexibility index (Phi) is 3.86. The van der Waals surface area contributed by atoms with Crippen LogP contribution in [0.15, 0.2) is 43.0 Å². The average molecular weight is 320 g/mol. The van der Waals surface area contributed by atoms with Crippen LogP contribution in [-0.2, 0) is 18.3 Å². The molecule has 1 aromatic carbocycles. The number of benzene rings is 1. The van der Waals surface area contributed by atoms with Gasteiger partial charge in [-0.2, -0.15) is 0 Å². The highest BCUT2D eigenvalue weighted by Crippen LogP contribution is 2.24. The summed E-state index contributed by atoms with van der Waals surface area (Å²) in [6, 6.07) is 8.31. The van der Waals surface area contributed by atoms with E-state index in [1.54, 1.807) is 6.33 Å². The molecule has 3 aromatic rings. The summed E-state index contributed by atoms with van der Waals surface area (Å²) in [4.78, 5) is 21.0. The van der Waals surface area contributed by atoms with Crippen molar-refractivity contribution in [3.63, 3.8) is 0 Å². The van der Waals surface area contributed by atoms with Gasteiger partial charge in [0, 0.05) is 29.9 Å². The number of ketones is 1. The normalized spacial score (nSPS) is 17.5. The van der Waals surface area contributed by atoms with E-state index >= 15 is 0 Å². The number of fused-ring (bicyclic) bond motifs is 1. The van der Waals surface area contributed by atoms with E-state index in [-0.39, 0.29) is 11.8 Å². The van der Waals surface area contributed by atoms with Crippen molar-refractivity contribution in [1.82, 2.24) is 19.9 Å². The maximum absolute atomic E-state index is 12.3. The Hall–Kier alpha value is -2.53. The van der Waals surface area contributed by atoms with Crippen molar-refractivity contribution in [2.24, 2.45) is 7.05 Å². The zero-order chi connectivity index (χ0) is 16.5. The van der Waals surface area contributed by atoms with Crippen molar-refractivity contribution in [3.05, 3.63) is 48.7 Å². The van der Waals surface area contributed by atoms with Crippen molar-refractivity contribution in [2.75, 3.05) is 6.54 Å². The molecule has 1 aliphatic rings. The molecule has 0 radical (unpaired) electrons. The highest BCUT2D eigenvalue weighted by molar-refractivity contribution is 5.89. The molecule has 1 atom stereocenters. The summed E-state index contributed by atoms with van der Waals surface area (Å²) in [6.45, 7) is 0.940. The van der Waals surface area contributed by atoms with Crippen molar-refractivity contribution in [1.29, 1.82) is 0 Å². The third-order valence-electron chi connectivity index (χ3n) is 4.70. The molecule has 0 bridgehead atoms. The van der Waals surface area contributed by atoms with E-state index in [0.29, 0.717) is 6.42 Å². The summed E-state index contributed by atoms with van der Waals surface area (Å²) >= 11 is 0. The first kappa shape index (κ1) is 15.0. The highest BCUT2D eigenvalue weighted by atomic mass is 16.1. The third kappa shape index (κ3) is 2.83. The standard InChI is InChI=1S/C19H20N4O/c1-23-12-20-11-18(23)13-4-5-14-10-22-16(8-15(14)7-13)9-19(24)17-3-2-6-21-17/h4-5,7-8,10-12,17,21H,2-3,6,9H2,1H3/t17-/m1/s1. The number of carbonyl (C=O) groups is 1. The zero-order valence-corrected chi connectivity index (χ0v) is 13.7. The van der Waals surface area contributed by atoms with E-state index in [2.05, 4.69) is 33.5 Å². The van der Waals surface area contributed by atoms with E-state index in [9.17, 15) is 4.79 Å². The number of nitrogens with one attached hydrogen (secondary N) is 1. The molecule has 24 heavy (non-hydrogen) atoms. The Bertz CT molecular complexity index is 893. The number of rotatable bonds is 4. The molecule has 5 heteroatoms. The Morgan fingerprint density at radius 2 is 2.21 bits per heavy atom. The maximum Gasteiger partial charge on any atom is 0.155 e. The minimum absolute atomic E-state index is 0.00303. The predicted molar refractivity (Wildman–Crippen MR) is 93.7 cm³/mol. The molecule has 4 rings (SSSR count). The number of hydrogen-bond donors (Lipinski definition) is 1. The van der Waals surface area contributed by atoms with Gasteiger partial charge in [0.15, 0.2) is 5.78 Å². The molecular formula is C19H20N4O. The number of hydrogen-bond acceptors (Lipinski definition) is 4. The number of aromatic nitrogens is 3. The van der Waals surface area contributed by atoms with Gasteiger partial charge in [-0.25, -0.2) is 4.98 Å². The predicted octanol–water partition coefficient (Wildman–Crippen LogP) is 2.50. The molecule has 1 saturated heterocycles. The molecule has 3 heterocycles. The van der Waals surface area contributed by atoms with E-state index in [1.165, 1.54) is 0 Å². The Morgan fingerprint density at radius 1 is 1.29 bits per heavy atom. The molecule has 0 unspecified atom stereocenters. The fraction of sp³-hybridized carbons (Fsp3) is 0.316. The smallest absolute Gasteiger partial charge is 0.155 e. The van der Waals surface area contributed by atoms with E-state index in [0.717, 1.165) is 47.1 Å². The first-order chi connectivity index (χ1) is 11.7. The third-order valence-corrected chi connectivity index (χ3v) is 4.70. The topological polar surface area (TPSA) is 59.8 Å². The van der Waals surface area contributed by atoms with Gasteiger partial charge in [0.2, 0.25) is 0 Å². The van der Waals surface area contributed by atoms with Crippen LogP contribution in [0.1, 0.15) is 18.5 Å². The van der Waals surface area contributed by atoms with Gasteiger partial charge in [-0.05, 0) is 36.9 Å². The van der Waals surface area contributed by atoms with Crippen LogP contribution >= 0.6 is 0 Å². The number of carbonyl (C=O) groups excluding carboxylic acids is 1. The monoisotopic (exact) mass is 320 g/mol. The first-order valence-electron chi connectivity index (χ1n) is 8.32. The van der Waals surface area contributed by atoms with Crippen LogP contribution in [0, 0.1) is 0 Å². The second-order valence-electron chi connectivity index (χ2n) is 6.42. The minimum atomic E-state index is 0.00303. The van der Waals surface area contributed by atoms with Crippen LogP contribution in [0.25, 0.3) is 22.0 Å². The maximum atomic E-state index is 12.3. The van der Waals surface area contributed by atoms with E-state index < -0.39 is 0 Å². The number of Topliss-reactive ketones (excluding diaryl/α,β-unsaturated/α-hetero) is 1. The number of imidazole rings is 1. The molecule has 1 N–H and O–H groups in total. The van der Waals surface area contributed by atoms with Gasteiger partial charge in [0.05, 0.1) is 30.7 Å². The lowest BCUT2D eigenvalue weighted by molar-refractivity contribution is -0.120. The molecule has 1 aliphatic heterocycles. The van der Waals surface area contributed by atoms with Gasteiger partial charge >= 0.3 is 0 Å². The number of aryl methyl sites for hydroxylation is 1. The van der Waals surface area contributed by atoms with Gasteiger partial charge in [-0.3, -0.25) is 9.78 Å². The lowest BCUT2D eigenvalue weighted by Crippen LogP contribution is -2.32. The Labute approximate surface area is 140 Å². The quantitative estimate of drug-likeness (QED) is 0.802. The SMILES string of the molecule is Cn1cncc1-c1ccc2cnc(CC(=O)[C@H]3CCCN3)cc2c1. The zero-order valence-electron chi connectivity index (χ0n) is 13.7. The molecule has 0 spiro atoms. The van der Waals surface area contributed by atoms with Gasteiger partial charge in [0.1, 0.15) is 0 Å². The highest BCUT2D eigenvalue weighted by Gasteiger charge is 2.22. The largest absolute Gasteiger partial charge is 0.334 e. The van der Waals surface area contributed by atoms with Crippen LogP contribution in [0.3, 0.4) is 0 Å². The number of pyridine rings is 1. The van der Waals surface area contributed by atoms with Gasteiger partial charge in [-0.15, -0.1) is 0 Å². The summed E-state index contributed by atoms with van der Waals surface area (Å²) < 4.78 is 2.00. The minimum Gasteiger partial charge on any atom is -0.334 e. The molecule has 0 saturated carbocycles. The Balaban J connectivity index is 1.64. The summed E-state index contributed by atoms with van der Waals surface area (Å²) in [5.74, 6) is 0.238. The molecule has 2 aromatic heterocycles. The second-order valence-corrected chi connectivity index (χ2v) is 6.42. The first-order valence-corrected chi connectivity index (χ1v) is 8.32. The van der Waals surface area contributed by atoms with E-state index in [4.69, 9.17) is 0 Å². The lowest BCUT2D eigenvalue weighted by atomic mass is 10.0. The summed E-state index contributed by atoms with van der Waals surface area (Å²) in [6.07, 6.45) is 7.92. The number of nitrogens with zero attached hydrogens (tertiary/aromatic N) is 3. The van der Waals surface area contributed by atoms with Crippen LogP contribution < -0.4 is 5.32 Å².